The maximum absolute atomic E-state index is 9.10. The first-order valence-corrected chi connectivity index (χ1v) is 8.96. The van der Waals surface area contributed by atoms with E-state index in [9.17, 15) is 0 Å². The zero-order chi connectivity index (χ0) is 19.5. The van der Waals surface area contributed by atoms with E-state index in [1.165, 1.54) is 44.6 Å². The van der Waals surface area contributed by atoms with Crippen LogP contribution in [0.25, 0.3) is 0 Å². The molecule has 0 bridgehead atoms. The van der Waals surface area contributed by atoms with E-state index in [0.717, 1.165) is 18.3 Å². The van der Waals surface area contributed by atoms with Crippen LogP contribution in [-0.2, 0) is 16.1 Å². The number of hydrogen-bond acceptors (Lipinski definition) is 5. The summed E-state index contributed by atoms with van der Waals surface area (Å²) in [6, 6.07) is 9.22. The van der Waals surface area contributed by atoms with Crippen LogP contribution in [0.4, 0.5) is 0 Å². The number of piperazine rings is 1. The fraction of sp³-hybridized carbons (Fsp3) is 0.579. The molecule has 0 amide bonds. The van der Waals surface area contributed by atoms with Gasteiger partial charge in [0.15, 0.2) is 0 Å². The minimum atomic E-state index is -1.82. The number of carboxylic acids is 2. The molecular formula is C19H30N2O5. The number of benzene rings is 1. The Bertz CT molecular complexity index is 538. The number of rotatable bonds is 6. The van der Waals surface area contributed by atoms with Gasteiger partial charge < -0.3 is 14.9 Å². The smallest absolute Gasteiger partial charge is 0.414 e. The molecule has 0 radical (unpaired) electrons. The van der Waals surface area contributed by atoms with Gasteiger partial charge in [0.05, 0.1) is 7.11 Å². The summed E-state index contributed by atoms with van der Waals surface area (Å²) in [7, 11) is 1.71. The van der Waals surface area contributed by atoms with Crippen molar-refractivity contribution in [1.29, 1.82) is 0 Å². The van der Waals surface area contributed by atoms with E-state index in [0.29, 0.717) is 0 Å². The highest BCUT2D eigenvalue weighted by Crippen LogP contribution is 2.16. The normalized spacial score (nSPS) is 15.2. The molecule has 1 saturated heterocycles. The summed E-state index contributed by atoms with van der Waals surface area (Å²) >= 11 is 0. The lowest BCUT2D eigenvalue weighted by atomic mass is 10.1. The Morgan fingerprint density at radius 3 is 1.88 bits per heavy atom. The molecule has 7 nitrogen and oxygen atoms in total. The van der Waals surface area contributed by atoms with E-state index in [1.54, 1.807) is 7.11 Å². The number of methoxy groups -OCH3 is 1. The predicted molar refractivity (Wildman–Crippen MR) is 99.5 cm³/mol. The van der Waals surface area contributed by atoms with Gasteiger partial charge in [0.2, 0.25) is 0 Å². The van der Waals surface area contributed by atoms with Crippen LogP contribution in [0.1, 0.15) is 32.3 Å². The van der Waals surface area contributed by atoms with Crippen LogP contribution in [0.2, 0.25) is 0 Å². The molecule has 2 N–H and O–H groups in total. The van der Waals surface area contributed by atoms with Crippen LogP contribution in [0, 0.1) is 0 Å². The Morgan fingerprint density at radius 2 is 1.50 bits per heavy atom. The Kier molecular flexibility index (Phi) is 9.69. The van der Waals surface area contributed by atoms with Crippen molar-refractivity contribution < 1.29 is 24.5 Å². The van der Waals surface area contributed by atoms with Crippen molar-refractivity contribution in [3.05, 3.63) is 29.8 Å². The first kappa shape index (κ1) is 21.9. The van der Waals surface area contributed by atoms with Crippen LogP contribution in [-0.4, -0.2) is 71.3 Å². The van der Waals surface area contributed by atoms with E-state index < -0.39 is 11.9 Å². The molecule has 1 fully saturated rings. The van der Waals surface area contributed by atoms with Gasteiger partial charge in [-0.2, -0.15) is 0 Å². The molecule has 146 valence electrons. The second-order valence-electron chi connectivity index (χ2n) is 6.24. The highest BCUT2D eigenvalue weighted by atomic mass is 16.5. The average Bonchev–Trinajstić information content (AvgIpc) is 2.65. The zero-order valence-corrected chi connectivity index (χ0v) is 15.9. The van der Waals surface area contributed by atoms with Gasteiger partial charge in [-0.3, -0.25) is 9.80 Å². The number of carbonyl (C=O) groups is 2. The quantitative estimate of drug-likeness (QED) is 0.746. The molecule has 2 rings (SSSR count). The summed E-state index contributed by atoms with van der Waals surface area (Å²) in [5, 5.41) is 14.8. The molecule has 0 spiro atoms. The third-order valence-corrected chi connectivity index (χ3v) is 4.61. The second kappa shape index (κ2) is 11.5. The fourth-order valence-corrected chi connectivity index (χ4v) is 3.08. The van der Waals surface area contributed by atoms with Gasteiger partial charge in [-0.05, 0) is 30.5 Å². The van der Waals surface area contributed by atoms with Gasteiger partial charge in [0.25, 0.3) is 0 Å². The first-order valence-electron chi connectivity index (χ1n) is 8.96. The first-order chi connectivity index (χ1) is 12.4. The van der Waals surface area contributed by atoms with Gasteiger partial charge in [-0.25, -0.2) is 9.59 Å². The molecule has 1 aromatic rings. The SMILES string of the molecule is CCC(CC)N1CCN(Cc2ccc(OC)cc2)CC1.O=C(O)C(=O)O. The molecular weight excluding hydrogens is 336 g/mol. The zero-order valence-electron chi connectivity index (χ0n) is 15.9. The second-order valence-corrected chi connectivity index (χ2v) is 6.24. The van der Waals surface area contributed by atoms with E-state index in [2.05, 4.69) is 47.9 Å². The third-order valence-electron chi connectivity index (χ3n) is 4.61. The van der Waals surface area contributed by atoms with Gasteiger partial charge in [-0.1, -0.05) is 26.0 Å². The Morgan fingerprint density at radius 1 is 1.00 bits per heavy atom. The highest BCUT2D eigenvalue weighted by Gasteiger charge is 2.21. The number of aliphatic carboxylic acids is 2. The average molecular weight is 366 g/mol. The lowest BCUT2D eigenvalue weighted by Gasteiger charge is -2.38. The highest BCUT2D eigenvalue weighted by molar-refractivity contribution is 6.27. The molecule has 0 saturated carbocycles. The van der Waals surface area contributed by atoms with Crippen molar-refractivity contribution in [3.63, 3.8) is 0 Å². The third kappa shape index (κ3) is 7.41. The van der Waals surface area contributed by atoms with Crippen molar-refractivity contribution >= 4 is 11.9 Å². The van der Waals surface area contributed by atoms with E-state index in [1.807, 2.05) is 0 Å². The van der Waals surface area contributed by atoms with Crippen LogP contribution in [0.3, 0.4) is 0 Å². The summed E-state index contributed by atoms with van der Waals surface area (Å²) in [6.45, 7) is 10.5. The minimum absolute atomic E-state index is 0.776. The molecule has 0 aromatic heterocycles. The van der Waals surface area contributed by atoms with Crippen molar-refractivity contribution in [2.24, 2.45) is 0 Å². The lowest BCUT2D eigenvalue weighted by molar-refractivity contribution is -0.159. The summed E-state index contributed by atoms with van der Waals surface area (Å²) in [6.07, 6.45) is 2.55. The van der Waals surface area contributed by atoms with Crippen LogP contribution < -0.4 is 4.74 Å². The van der Waals surface area contributed by atoms with Crippen molar-refractivity contribution in [1.82, 2.24) is 9.80 Å². The molecule has 0 aliphatic carbocycles. The molecule has 0 atom stereocenters. The molecule has 26 heavy (non-hydrogen) atoms. The van der Waals surface area contributed by atoms with Gasteiger partial charge in [-0.15, -0.1) is 0 Å². The summed E-state index contributed by atoms with van der Waals surface area (Å²) in [4.78, 5) is 23.4. The van der Waals surface area contributed by atoms with Crippen LogP contribution in [0.5, 0.6) is 5.75 Å². The van der Waals surface area contributed by atoms with Crippen LogP contribution in [0.15, 0.2) is 24.3 Å². The maximum atomic E-state index is 9.10. The van der Waals surface area contributed by atoms with E-state index in [-0.39, 0.29) is 0 Å². The summed E-state index contributed by atoms with van der Waals surface area (Å²) in [5.41, 5.74) is 1.38. The van der Waals surface area contributed by atoms with Crippen molar-refractivity contribution in [2.45, 2.75) is 39.3 Å². The van der Waals surface area contributed by atoms with E-state index in [4.69, 9.17) is 24.5 Å². The number of ether oxygens (including phenoxy) is 1. The molecule has 0 unspecified atom stereocenters. The van der Waals surface area contributed by atoms with Crippen LogP contribution >= 0.6 is 0 Å². The number of hydrogen-bond donors (Lipinski definition) is 2. The van der Waals surface area contributed by atoms with Crippen molar-refractivity contribution in [2.75, 3.05) is 33.3 Å². The summed E-state index contributed by atoms with van der Waals surface area (Å²) in [5.74, 6) is -2.71. The Hall–Kier alpha value is -2.12. The molecule has 1 aliphatic rings. The lowest BCUT2D eigenvalue weighted by Crippen LogP contribution is -2.49. The molecule has 1 aliphatic heterocycles. The monoisotopic (exact) mass is 366 g/mol. The van der Waals surface area contributed by atoms with Gasteiger partial charge in [0.1, 0.15) is 5.75 Å². The standard InChI is InChI=1S/C17H28N2O.C2H2O4/c1-4-16(5-2)19-12-10-18(11-13-19)14-15-6-8-17(20-3)9-7-15;3-1(4)2(5)6/h6-9,16H,4-5,10-14H2,1-3H3;(H,3,4)(H,5,6). The van der Waals surface area contributed by atoms with Crippen molar-refractivity contribution in [3.8, 4) is 5.75 Å². The molecule has 7 heteroatoms. The van der Waals surface area contributed by atoms with Gasteiger partial charge >= 0.3 is 11.9 Å². The number of carboxylic acid groups (broad SMARTS) is 2. The van der Waals surface area contributed by atoms with Gasteiger partial charge in [0, 0.05) is 38.8 Å². The molecule has 1 aromatic carbocycles. The topological polar surface area (TPSA) is 90.3 Å². The van der Waals surface area contributed by atoms with E-state index >= 15 is 0 Å². The fourth-order valence-electron chi connectivity index (χ4n) is 3.08. The maximum Gasteiger partial charge on any atom is 0.414 e. The minimum Gasteiger partial charge on any atom is -0.497 e. The predicted octanol–water partition coefficient (Wildman–Crippen LogP) is 2.16. The Balaban J connectivity index is 0.000000487. The number of nitrogens with zero attached hydrogens (tertiary/aromatic N) is 2. The Labute approximate surface area is 155 Å². The summed E-state index contributed by atoms with van der Waals surface area (Å²) < 4.78 is 5.20. The largest absolute Gasteiger partial charge is 0.497 e. The molecule has 1 heterocycles.